The Labute approximate surface area is 176 Å². The summed E-state index contributed by atoms with van der Waals surface area (Å²) in [5, 5.41) is 2.97. The number of hydrogen-bond donors (Lipinski definition) is 1. The molecule has 0 unspecified atom stereocenters. The highest BCUT2D eigenvalue weighted by Gasteiger charge is 2.23. The van der Waals surface area contributed by atoms with Crippen molar-refractivity contribution in [2.45, 2.75) is 20.8 Å². The first-order valence-corrected chi connectivity index (χ1v) is 10.1. The third-order valence-electron chi connectivity index (χ3n) is 5.21. The summed E-state index contributed by atoms with van der Waals surface area (Å²) in [5.41, 5.74) is 3.18. The van der Waals surface area contributed by atoms with Gasteiger partial charge in [0.15, 0.2) is 0 Å². The predicted octanol–water partition coefficient (Wildman–Crippen LogP) is 3.09. The van der Waals surface area contributed by atoms with Crippen LogP contribution in [0.5, 0.6) is 0 Å². The first-order valence-electron chi connectivity index (χ1n) is 10.1. The van der Waals surface area contributed by atoms with E-state index in [1.165, 1.54) is 0 Å². The number of nitrogens with one attached hydrogen (secondary N) is 1. The van der Waals surface area contributed by atoms with Crippen LogP contribution in [0.2, 0.25) is 0 Å². The lowest BCUT2D eigenvalue weighted by Gasteiger charge is -2.36. The number of hydrogen-bond acceptors (Lipinski definition) is 5. The van der Waals surface area contributed by atoms with E-state index in [0.717, 1.165) is 11.3 Å². The Morgan fingerprint density at radius 3 is 2.37 bits per heavy atom. The summed E-state index contributed by atoms with van der Waals surface area (Å²) < 4.78 is 5.11. The Hall–Kier alpha value is -3.35. The van der Waals surface area contributed by atoms with Crippen LogP contribution in [0.1, 0.15) is 40.1 Å². The molecule has 1 aliphatic heterocycles. The van der Waals surface area contributed by atoms with Crippen molar-refractivity contribution in [3.63, 3.8) is 0 Å². The Bertz CT molecular complexity index is 949. The number of rotatable bonds is 5. The first-order chi connectivity index (χ1) is 14.4. The molecule has 2 amide bonds. The van der Waals surface area contributed by atoms with E-state index in [9.17, 15) is 14.4 Å². The number of esters is 1. The molecule has 1 saturated heterocycles. The molecular formula is C23H27N3O4. The minimum atomic E-state index is -0.433. The molecule has 2 aromatic rings. The number of piperazine rings is 1. The second-order valence-electron chi connectivity index (χ2n) is 7.21. The van der Waals surface area contributed by atoms with Crippen molar-refractivity contribution >= 4 is 29.2 Å². The summed E-state index contributed by atoms with van der Waals surface area (Å²) in [6.45, 7) is 7.99. The van der Waals surface area contributed by atoms with E-state index in [1.54, 1.807) is 36.9 Å². The summed E-state index contributed by atoms with van der Waals surface area (Å²) in [6, 6.07) is 12.5. The maximum absolute atomic E-state index is 12.9. The highest BCUT2D eigenvalue weighted by Crippen LogP contribution is 2.29. The van der Waals surface area contributed by atoms with Crippen LogP contribution in [-0.2, 0) is 9.53 Å². The first kappa shape index (κ1) is 21.4. The third-order valence-corrected chi connectivity index (χ3v) is 5.21. The maximum Gasteiger partial charge on any atom is 0.338 e. The van der Waals surface area contributed by atoms with Crippen LogP contribution in [0.4, 0.5) is 11.4 Å². The number of anilines is 2. The maximum atomic E-state index is 12.9. The summed E-state index contributed by atoms with van der Waals surface area (Å²) >= 11 is 0. The van der Waals surface area contributed by atoms with Crippen LogP contribution in [0.3, 0.4) is 0 Å². The smallest absolute Gasteiger partial charge is 0.338 e. The van der Waals surface area contributed by atoms with E-state index in [-0.39, 0.29) is 18.4 Å². The molecule has 30 heavy (non-hydrogen) atoms. The van der Waals surface area contributed by atoms with E-state index in [1.807, 2.05) is 31.2 Å². The lowest BCUT2D eigenvalue weighted by molar-refractivity contribution is -0.129. The average molecular weight is 409 g/mol. The molecule has 7 nitrogen and oxygen atoms in total. The van der Waals surface area contributed by atoms with Crippen LogP contribution < -0.4 is 10.2 Å². The van der Waals surface area contributed by atoms with Gasteiger partial charge in [0.05, 0.1) is 23.5 Å². The average Bonchev–Trinajstić information content (AvgIpc) is 2.74. The van der Waals surface area contributed by atoms with Crippen LogP contribution in [0.15, 0.2) is 42.5 Å². The van der Waals surface area contributed by atoms with Gasteiger partial charge in [-0.3, -0.25) is 9.59 Å². The molecular weight excluding hydrogens is 382 g/mol. The van der Waals surface area contributed by atoms with Gasteiger partial charge in [-0.15, -0.1) is 0 Å². The molecule has 1 fully saturated rings. The zero-order chi connectivity index (χ0) is 21.7. The Balaban J connectivity index is 1.90. The summed E-state index contributed by atoms with van der Waals surface area (Å²) in [6.07, 6.45) is 0. The van der Waals surface area contributed by atoms with Gasteiger partial charge in [-0.1, -0.05) is 18.2 Å². The second kappa shape index (κ2) is 9.43. The van der Waals surface area contributed by atoms with Gasteiger partial charge in [-0.2, -0.15) is 0 Å². The molecule has 7 heteroatoms. The van der Waals surface area contributed by atoms with Gasteiger partial charge in [-0.25, -0.2) is 4.79 Å². The Morgan fingerprint density at radius 2 is 1.73 bits per heavy atom. The van der Waals surface area contributed by atoms with E-state index in [0.29, 0.717) is 43.0 Å². The lowest BCUT2D eigenvalue weighted by atomic mass is 10.1. The Morgan fingerprint density at radius 1 is 1.03 bits per heavy atom. The van der Waals surface area contributed by atoms with Crippen molar-refractivity contribution in [1.29, 1.82) is 0 Å². The normalized spacial score (nSPS) is 13.7. The zero-order valence-corrected chi connectivity index (χ0v) is 17.6. The second-order valence-corrected chi connectivity index (χ2v) is 7.21. The SMILES string of the molecule is CCOC(=O)c1ccc(N2CCN(C(C)=O)CC2)c(NC(=O)c2ccccc2C)c1. The number of carbonyl (C=O) groups is 3. The largest absolute Gasteiger partial charge is 0.462 e. The summed E-state index contributed by atoms with van der Waals surface area (Å²) in [7, 11) is 0. The van der Waals surface area contributed by atoms with E-state index < -0.39 is 5.97 Å². The van der Waals surface area contributed by atoms with Gasteiger partial charge in [0.25, 0.3) is 5.91 Å². The van der Waals surface area contributed by atoms with E-state index >= 15 is 0 Å². The predicted molar refractivity (Wildman–Crippen MR) is 116 cm³/mol. The quantitative estimate of drug-likeness (QED) is 0.768. The molecule has 0 atom stereocenters. The zero-order valence-electron chi connectivity index (χ0n) is 17.6. The minimum absolute atomic E-state index is 0.0559. The third kappa shape index (κ3) is 4.79. The molecule has 1 N–H and O–H groups in total. The molecule has 1 aliphatic rings. The fourth-order valence-corrected chi connectivity index (χ4v) is 3.53. The van der Waals surface area contributed by atoms with Crippen LogP contribution >= 0.6 is 0 Å². The molecule has 0 saturated carbocycles. The van der Waals surface area contributed by atoms with Crippen molar-refractivity contribution in [2.75, 3.05) is 43.0 Å². The molecule has 3 rings (SSSR count). The number of benzene rings is 2. The van der Waals surface area contributed by atoms with Gasteiger partial charge < -0.3 is 19.9 Å². The van der Waals surface area contributed by atoms with Crippen molar-refractivity contribution in [1.82, 2.24) is 4.90 Å². The molecule has 0 radical (unpaired) electrons. The van der Waals surface area contributed by atoms with Crippen molar-refractivity contribution < 1.29 is 19.1 Å². The molecule has 1 heterocycles. The molecule has 0 bridgehead atoms. The monoisotopic (exact) mass is 409 g/mol. The van der Waals surface area contributed by atoms with Crippen molar-refractivity contribution in [3.05, 3.63) is 59.2 Å². The molecule has 0 aromatic heterocycles. The molecule has 2 aromatic carbocycles. The standard InChI is InChI=1S/C23H27N3O4/c1-4-30-23(29)18-9-10-21(26-13-11-25(12-14-26)17(3)27)20(15-18)24-22(28)19-8-6-5-7-16(19)2/h5-10,15H,4,11-14H2,1-3H3,(H,24,28). The number of aryl methyl sites for hydroxylation is 1. The van der Waals surface area contributed by atoms with Crippen LogP contribution in [0, 0.1) is 6.92 Å². The van der Waals surface area contributed by atoms with Gasteiger partial charge in [0.2, 0.25) is 5.91 Å². The number of nitrogens with zero attached hydrogens (tertiary/aromatic N) is 2. The van der Waals surface area contributed by atoms with E-state index in [2.05, 4.69) is 10.2 Å². The fourth-order valence-electron chi connectivity index (χ4n) is 3.53. The minimum Gasteiger partial charge on any atom is -0.462 e. The van der Waals surface area contributed by atoms with Gasteiger partial charge >= 0.3 is 5.97 Å². The van der Waals surface area contributed by atoms with Crippen LogP contribution in [-0.4, -0.2) is 55.5 Å². The van der Waals surface area contributed by atoms with Crippen molar-refractivity contribution in [2.24, 2.45) is 0 Å². The Kier molecular flexibility index (Phi) is 6.72. The van der Waals surface area contributed by atoms with Crippen molar-refractivity contribution in [3.8, 4) is 0 Å². The van der Waals surface area contributed by atoms with E-state index in [4.69, 9.17) is 4.74 Å². The molecule has 0 spiro atoms. The molecule has 158 valence electrons. The number of amides is 2. The fraction of sp³-hybridized carbons (Fsp3) is 0.348. The topological polar surface area (TPSA) is 79.0 Å². The van der Waals surface area contributed by atoms with Gasteiger partial charge in [-0.05, 0) is 43.7 Å². The van der Waals surface area contributed by atoms with Crippen LogP contribution in [0.25, 0.3) is 0 Å². The van der Waals surface area contributed by atoms with Gasteiger partial charge in [0, 0.05) is 38.7 Å². The number of ether oxygens (including phenoxy) is 1. The lowest BCUT2D eigenvalue weighted by Crippen LogP contribution is -2.48. The highest BCUT2D eigenvalue weighted by atomic mass is 16.5. The summed E-state index contributed by atoms with van der Waals surface area (Å²) in [5.74, 6) is -0.616. The summed E-state index contributed by atoms with van der Waals surface area (Å²) in [4.78, 5) is 40.7. The number of carbonyl (C=O) groups excluding carboxylic acids is 3. The molecule has 0 aliphatic carbocycles. The highest BCUT2D eigenvalue weighted by molar-refractivity contribution is 6.07. The van der Waals surface area contributed by atoms with Gasteiger partial charge in [0.1, 0.15) is 0 Å².